The first-order valence-corrected chi connectivity index (χ1v) is 7.74. The lowest BCUT2D eigenvalue weighted by Crippen LogP contribution is -2.32. The van der Waals surface area contributed by atoms with Crippen molar-refractivity contribution in [3.05, 3.63) is 0 Å². The summed E-state index contributed by atoms with van der Waals surface area (Å²) < 4.78 is 0. The van der Waals surface area contributed by atoms with E-state index in [1.807, 2.05) is 0 Å². The molecule has 5 unspecified atom stereocenters. The van der Waals surface area contributed by atoms with Crippen LogP contribution in [0, 0.1) is 23.7 Å². The second kappa shape index (κ2) is 5.21. The molecule has 15 heavy (non-hydrogen) atoms. The average Bonchev–Trinajstić information content (AvgIpc) is 2.23. The van der Waals surface area contributed by atoms with Crippen molar-refractivity contribution in [1.29, 1.82) is 0 Å². The SMILES string of the molecule is CC1CCC(C2CCCCC2Br)CC1C. The predicted octanol–water partition coefficient (Wildman–Crippen LogP) is 5.01. The summed E-state index contributed by atoms with van der Waals surface area (Å²) in [4.78, 5) is 0.830. The van der Waals surface area contributed by atoms with Gasteiger partial charge in [0.1, 0.15) is 0 Å². The Hall–Kier alpha value is 0.480. The molecule has 88 valence electrons. The molecule has 0 aromatic carbocycles. The normalized spacial score (nSPS) is 47.8. The molecule has 0 nitrogen and oxygen atoms in total. The topological polar surface area (TPSA) is 0 Å². The van der Waals surface area contributed by atoms with Crippen LogP contribution in [0.1, 0.15) is 58.8 Å². The van der Waals surface area contributed by atoms with Crippen molar-refractivity contribution in [2.75, 3.05) is 0 Å². The summed E-state index contributed by atoms with van der Waals surface area (Å²) in [5.74, 6) is 3.96. The van der Waals surface area contributed by atoms with Crippen LogP contribution in [0.15, 0.2) is 0 Å². The zero-order valence-corrected chi connectivity index (χ0v) is 11.8. The zero-order chi connectivity index (χ0) is 10.8. The van der Waals surface area contributed by atoms with Crippen LogP contribution in [0.4, 0.5) is 0 Å². The quantitative estimate of drug-likeness (QED) is 0.589. The summed E-state index contributed by atoms with van der Waals surface area (Å²) in [6.45, 7) is 4.90. The molecule has 0 heterocycles. The van der Waals surface area contributed by atoms with Gasteiger partial charge in [0, 0.05) is 4.83 Å². The van der Waals surface area contributed by atoms with Crippen LogP contribution in [0.5, 0.6) is 0 Å². The van der Waals surface area contributed by atoms with Crippen molar-refractivity contribution in [3.63, 3.8) is 0 Å². The van der Waals surface area contributed by atoms with Gasteiger partial charge in [-0.3, -0.25) is 0 Å². The van der Waals surface area contributed by atoms with Crippen LogP contribution < -0.4 is 0 Å². The van der Waals surface area contributed by atoms with E-state index < -0.39 is 0 Å². The first-order chi connectivity index (χ1) is 7.18. The molecule has 0 aromatic rings. The van der Waals surface area contributed by atoms with E-state index in [4.69, 9.17) is 0 Å². The van der Waals surface area contributed by atoms with Gasteiger partial charge in [-0.1, -0.05) is 49.0 Å². The highest BCUT2D eigenvalue weighted by Crippen LogP contribution is 2.44. The lowest BCUT2D eigenvalue weighted by molar-refractivity contribution is 0.136. The summed E-state index contributed by atoms with van der Waals surface area (Å²) in [5, 5.41) is 0. The van der Waals surface area contributed by atoms with Crippen molar-refractivity contribution >= 4 is 15.9 Å². The number of alkyl halides is 1. The summed E-state index contributed by atoms with van der Waals surface area (Å²) in [6.07, 6.45) is 10.3. The third kappa shape index (κ3) is 2.78. The molecule has 0 spiro atoms. The minimum atomic E-state index is 0.830. The van der Waals surface area contributed by atoms with Crippen LogP contribution in [-0.4, -0.2) is 4.83 Å². The van der Waals surface area contributed by atoms with E-state index in [-0.39, 0.29) is 0 Å². The van der Waals surface area contributed by atoms with Gasteiger partial charge in [0.2, 0.25) is 0 Å². The molecule has 0 radical (unpaired) electrons. The van der Waals surface area contributed by atoms with Crippen molar-refractivity contribution < 1.29 is 0 Å². The number of halogens is 1. The van der Waals surface area contributed by atoms with Crippen LogP contribution in [0.25, 0.3) is 0 Å². The standard InChI is InChI=1S/C14H25Br/c1-10-7-8-12(9-11(10)2)13-5-3-4-6-14(13)15/h10-14H,3-9H2,1-2H3. The minimum absolute atomic E-state index is 0.830. The molecule has 0 aromatic heterocycles. The van der Waals surface area contributed by atoms with Crippen LogP contribution in [0.2, 0.25) is 0 Å². The Morgan fingerprint density at radius 1 is 0.867 bits per heavy atom. The molecule has 2 aliphatic rings. The van der Waals surface area contributed by atoms with Gasteiger partial charge in [-0.25, -0.2) is 0 Å². The van der Waals surface area contributed by atoms with Gasteiger partial charge in [-0.15, -0.1) is 0 Å². The molecule has 2 aliphatic carbocycles. The first-order valence-electron chi connectivity index (χ1n) is 6.82. The second-order valence-corrected chi connectivity index (χ2v) is 7.17. The fourth-order valence-electron chi connectivity index (χ4n) is 3.62. The monoisotopic (exact) mass is 272 g/mol. The molecule has 0 bridgehead atoms. The Morgan fingerprint density at radius 2 is 1.60 bits per heavy atom. The Bertz CT molecular complexity index is 202. The number of rotatable bonds is 1. The fourth-order valence-corrected chi connectivity index (χ4v) is 4.64. The second-order valence-electron chi connectivity index (χ2n) is 5.99. The highest BCUT2D eigenvalue weighted by Gasteiger charge is 2.34. The van der Waals surface area contributed by atoms with E-state index in [2.05, 4.69) is 29.8 Å². The van der Waals surface area contributed by atoms with Crippen LogP contribution >= 0.6 is 15.9 Å². The third-order valence-electron chi connectivity index (χ3n) is 4.98. The van der Waals surface area contributed by atoms with E-state index in [0.717, 1.165) is 28.5 Å². The van der Waals surface area contributed by atoms with E-state index in [0.29, 0.717) is 0 Å². The maximum absolute atomic E-state index is 3.93. The van der Waals surface area contributed by atoms with Crippen molar-refractivity contribution in [2.24, 2.45) is 23.7 Å². The highest BCUT2D eigenvalue weighted by molar-refractivity contribution is 9.09. The Kier molecular flexibility index (Phi) is 4.15. The molecule has 5 atom stereocenters. The van der Waals surface area contributed by atoms with E-state index in [1.54, 1.807) is 0 Å². The van der Waals surface area contributed by atoms with Gasteiger partial charge < -0.3 is 0 Å². The van der Waals surface area contributed by atoms with Crippen LogP contribution in [-0.2, 0) is 0 Å². The molecule has 2 saturated carbocycles. The van der Waals surface area contributed by atoms with E-state index in [9.17, 15) is 0 Å². The third-order valence-corrected chi connectivity index (χ3v) is 6.11. The maximum atomic E-state index is 3.93. The summed E-state index contributed by atoms with van der Waals surface area (Å²) in [6, 6.07) is 0. The van der Waals surface area contributed by atoms with E-state index >= 15 is 0 Å². The molecular formula is C14H25Br. The van der Waals surface area contributed by atoms with Gasteiger partial charge in [-0.05, 0) is 49.4 Å². The summed E-state index contributed by atoms with van der Waals surface area (Å²) in [7, 11) is 0. The minimum Gasteiger partial charge on any atom is -0.0888 e. The summed E-state index contributed by atoms with van der Waals surface area (Å²) in [5.41, 5.74) is 0. The molecule has 2 rings (SSSR count). The average molecular weight is 273 g/mol. The van der Waals surface area contributed by atoms with Gasteiger partial charge in [0.05, 0.1) is 0 Å². The van der Waals surface area contributed by atoms with E-state index in [1.165, 1.54) is 44.9 Å². The predicted molar refractivity (Wildman–Crippen MR) is 70.3 cm³/mol. The smallest absolute Gasteiger partial charge is 0.0176 e. The molecule has 1 heteroatoms. The molecule has 0 N–H and O–H groups in total. The van der Waals surface area contributed by atoms with Crippen LogP contribution in [0.3, 0.4) is 0 Å². The number of hydrogen-bond acceptors (Lipinski definition) is 0. The lowest BCUT2D eigenvalue weighted by Gasteiger charge is -2.40. The van der Waals surface area contributed by atoms with Gasteiger partial charge >= 0.3 is 0 Å². The maximum Gasteiger partial charge on any atom is 0.0176 e. The van der Waals surface area contributed by atoms with Crippen molar-refractivity contribution in [2.45, 2.75) is 63.6 Å². The molecular weight excluding hydrogens is 248 g/mol. The fraction of sp³-hybridized carbons (Fsp3) is 1.00. The lowest BCUT2D eigenvalue weighted by atomic mass is 9.68. The van der Waals surface area contributed by atoms with Gasteiger partial charge in [-0.2, -0.15) is 0 Å². The van der Waals surface area contributed by atoms with Gasteiger partial charge in [0.25, 0.3) is 0 Å². The molecule has 2 fully saturated rings. The van der Waals surface area contributed by atoms with Crippen molar-refractivity contribution in [3.8, 4) is 0 Å². The molecule has 0 saturated heterocycles. The summed E-state index contributed by atoms with van der Waals surface area (Å²) >= 11 is 3.93. The Morgan fingerprint density at radius 3 is 2.27 bits per heavy atom. The largest absolute Gasteiger partial charge is 0.0888 e. The van der Waals surface area contributed by atoms with Gasteiger partial charge in [0.15, 0.2) is 0 Å². The highest BCUT2D eigenvalue weighted by atomic mass is 79.9. The number of hydrogen-bond donors (Lipinski definition) is 0. The Labute approximate surface area is 103 Å². The Balaban J connectivity index is 1.92. The zero-order valence-electron chi connectivity index (χ0n) is 10.2. The first kappa shape index (κ1) is 12.0. The molecule has 0 aliphatic heterocycles. The molecule has 0 amide bonds. The van der Waals surface area contributed by atoms with Crippen molar-refractivity contribution in [1.82, 2.24) is 0 Å².